The number of tetrazole rings is 1. The maximum Gasteiger partial charge on any atom is 0.221 e. The van der Waals surface area contributed by atoms with Crippen LogP contribution in [0.15, 0.2) is 24.3 Å². The fourth-order valence-electron chi connectivity index (χ4n) is 3.71. The van der Waals surface area contributed by atoms with E-state index in [9.17, 15) is 4.79 Å². The SMILES string of the molecule is CC(=O)Nc1ccc(C(NC2CCCCC2N)c2nnnn2C(C)(C)C)cc1. The van der Waals surface area contributed by atoms with Crippen molar-refractivity contribution in [3.05, 3.63) is 35.7 Å². The number of amides is 1. The van der Waals surface area contributed by atoms with Gasteiger partial charge < -0.3 is 11.1 Å². The van der Waals surface area contributed by atoms with Crippen molar-refractivity contribution < 1.29 is 4.79 Å². The Morgan fingerprint density at radius 3 is 2.50 bits per heavy atom. The molecule has 1 aliphatic carbocycles. The fraction of sp³-hybridized carbons (Fsp3) is 0.600. The first kappa shape index (κ1) is 20.4. The number of carbonyl (C=O) groups is 1. The average molecular weight is 386 g/mol. The topological polar surface area (TPSA) is 111 Å². The Morgan fingerprint density at radius 1 is 1.21 bits per heavy atom. The van der Waals surface area contributed by atoms with Gasteiger partial charge in [0.05, 0.1) is 11.6 Å². The zero-order chi connectivity index (χ0) is 20.3. The highest BCUT2D eigenvalue weighted by Gasteiger charge is 2.31. The van der Waals surface area contributed by atoms with Gasteiger partial charge in [-0.1, -0.05) is 25.0 Å². The molecule has 28 heavy (non-hydrogen) atoms. The molecule has 1 aliphatic rings. The highest BCUT2D eigenvalue weighted by atomic mass is 16.1. The van der Waals surface area contributed by atoms with Gasteiger partial charge in [0.25, 0.3) is 0 Å². The van der Waals surface area contributed by atoms with E-state index in [4.69, 9.17) is 5.73 Å². The molecule has 0 radical (unpaired) electrons. The lowest BCUT2D eigenvalue weighted by molar-refractivity contribution is -0.114. The number of hydrogen-bond donors (Lipinski definition) is 3. The van der Waals surface area contributed by atoms with E-state index in [0.717, 1.165) is 29.9 Å². The van der Waals surface area contributed by atoms with E-state index in [1.807, 2.05) is 28.9 Å². The first-order valence-corrected chi connectivity index (χ1v) is 9.93. The molecule has 1 aromatic heterocycles. The molecule has 3 unspecified atom stereocenters. The van der Waals surface area contributed by atoms with Crippen molar-refractivity contribution >= 4 is 11.6 Å². The number of hydrogen-bond acceptors (Lipinski definition) is 6. The minimum atomic E-state index is -0.246. The lowest BCUT2D eigenvalue weighted by atomic mass is 9.89. The number of nitrogens with one attached hydrogen (secondary N) is 2. The predicted molar refractivity (Wildman–Crippen MR) is 109 cm³/mol. The quantitative estimate of drug-likeness (QED) is 0.728. The molecule has 152 valence electrons. The molecule has 0 aliphatic heterocycles. The molecule has 1 fully saturated rings. The molecule has 3 atom stereocenters. The molecule has 8 nitrogen and oxygen atoms in total. The lowest BCUT2D eigenvalue weighted by Gasteiger charge is -2.34. The molecule has 0 bridgehead atoms. The number of anilines is 1. The van der Waals surface area contributed by atoms with Crippen LogP contribution in [-0.4, -0.2) is 38.2 Å². The summed E-state index contributed by atoms with van der Waals surface area (Å²) in [7, 11) is 0. The monoisotopic (exact) mass is 385 g/mol. The zero-order valence-corrected chi connectivity index (χ0v) is 17.1. The molecular formula is C20H31N7O. The Morgan fingerprint density at radius 2 is 1.89 bits per heavy atom. The average Bonchev–Trinajstić information content (AvgIpc) is 3.11. The Bertz CT molecular complexity index is 794. The molecular weight excluding hydrogens is 354 g/mol. The fourth-order valence-corrected chi connectivity index (χ4v) is 3.71. The van der Waals surface area contributed by atoms with Gasteiger partial charge in [0.1, 0.15) is 0 Å². The summed E-state index contributed by atoms with van der Waals surface area (Å²) in [4.78, 5) is 11.3. The van der Waals surface area contributed by atoms with Crippen molar-refractivity contribution in [3.8, 4) is 0 Å². The van der Waals surface area contributed by atoms with Gasteiger partial charge in [-0.25, -0.2) is 4.68 Å². The Kier molecular flexibility index (Phi) is 6.10. The first-order chi connectivity index (χ1) is 13.3. The van der Waals surface area contributed by atoms with E-state index >= 15 is 0 Å². The summed E-state index contributed by atoms with van der Waals surface area (Å²) in [6.45, 7) is 7.74. The number of carbonyl (C=O) groups excluding carboxylic acids is 1. The predicted octanol–water partition coefficient (Wildman–Crippen LogP) is 2.34. The number of nitrogens with zero attached hydrogens (tertiary/aromatic N) is 4. The normalized spacial score (nSPS) is 21.3. The smallest absolute Gasteiger partial charge is 0.221 e. The van der Waals surface area contributed by atoms with E-state index in [2.05, 4.69) is 46.9 Å². The van der Waals surface area contributed by atoms with Crippen LogP contribution in [0, 0.1) is 0 Å². The third-order valence-corrected chi connectivity index (χ3v) is 5.15. The standard InChI is InChI=1S/C20H31N7O/c1-13(28)22-15-11-9-14(10-12-15)18(23-17-8-6-5-7-16(17)21)19-24-25-26-27(19)20(2,3)4/h9-12,16-18,23H,5-8,21H2,1-4H3,(H,22,28). The summed E-state index contributed by atoms with van der Waals surface area (Å²) in [5.74, 6) is 0.671. The maximum absolute atomic E-state index is 11.3. The molecule has 8 heteroatoms. The summed E-state index contributed by atoms with van der Waals surface area (Å²) >= 11 is 0. The molecule has 3 rings (SSSR count). The van der Waals surface area contributed by atoms with E-state index in [-0.39, 0.29) is 29.6 Å². The van der Waals surface area contributed by atoms with Crippen LogP contribution in [0.4, 0.5) is 5.69 Å². The minimum absolute atomic E-state index is 0.0905. The second-order valence-electron chi connectivity index (χ2n) is 8.58. The van der Waals surface area contributed by atoms with Crippen LogP contribution in [0.2, 0.25) is 0 Å². The van der Waals surface area contributed by atoms with Crippen LogP contribution in [0.3, 0.4) is 0 Å². The summed E-state index contributed by atoms with van der Waals surface area (Å²) in [5, 5.41) is 19.0. The van der Waals surface area contributed by atoms with Gasteiger partial charge in [0.2, 0.25) is 5.91 Å². The summed E-state index contributed by atoms with van der Waals surface area (Å²) in [6, 6.07) is 7.94. The van der Waals surface area contributed by atoms with Crippen LogP contribution >= 0.6 is 0 Å². The van der Waals surface area contributed by atoms with E-state index < -0.39 is 0 Å². The van der Waals surface area contributed by atoms with Crippen molar-refractivity contribution in [1.29, 1.82) is 0 Å². The lowest BCUT2D eigenvalue weighted by Crippen LogP contribution is -2.49. The summed E-state index contributed by atoms with van der Waals surface area (Å²) in [6.07, 6.45) is 4.41. The zero-order valence-electron chi connectivity index (χ0n) is 17.1. The van der Waals surface area contributed by atoms with Crippen molar-refractivity contribution in [2.24, 2.45) is 5.73 Å². The molecule has 1 heterocycles. The molecule has 1 amide bonds. The molecule has 1 aromatic carbocycles. The Hall–Kier alpha value is -2.32. The Balaban J connectivity index is 1.95. The third kappa shape index (κ3) is 4.74. The summed E-state index contributed by atoms with van der Waals surface area (Å²) < 4.78 is 1.86. The second-order valence-corrected chi connectivity index (χ2v) is 8.58. The summed E-state index contributed by atoms with van der Waals surface area (Å²) in [5.41, 5.74) is 7.94. The van der Waals surface area contributed by atoms with Crippen LogP contribution in [-0.2, 0) is 10.3 Å². The minimum Gasteiger partial charge on any atom is -0.326 e. The molecule has 1 saturated carbocycles. The molecule has 2 aromatic rings. The van der Waals surface area contributed by atoms with Crippen LogP contribution in [0.25, 0.3) is 0 Å². The second kappa shape index (κ2) is 8.36. The van der Waals surface area contributed by atoms with Crippen LogP contribution in [0.5, 0.6) is 0 Å². The van der Waals surface area contributed by atoms with Gasteiger partial charge in [-0.15, -0.1) is 5.10 Å². The van der Waals surface area contributed by atoms with Crippen LogP contribution in [0.1, 0.15) is 70.8 Å². The molecule has 0 saturated heterocycles. The van der Waals surface area contributed by atoms with Crippen molar-refractivity contribution in [1.82, 2.24) is 25.5 Å². The van der Waals surface area contributed by atoms with Crippen molar-refractivity contribution in [2.45, 2.75) is 77.0 Å². The van der Waals surface area contributed by atoms with Gasteiger partial charge in [-0.05, 0) is 61.7 Å². The van der Waals surface area contributed by atoms with Crippen molar-refractivity contribution in [3.63, 3.8) is 0 Å². The molecule has 4 N–H and O–H groups in total. The van der Waals surface area contributed by atoms with Gasteiger partial charge >= 0.3 is 0 Å². The number of aromatic nitrogens is 4. The van der Waals surface area contributed by atoms with Crippen molar-refractivity contribution in [2.75, 3.05) is 5.32 Å². The van der Waals surface area contributed by atoms with E-state index in [0.29, 0.717) is 0 Å². The van der Waals surface area contributed by atoms with Gasteiger partial charge in [-0.3, -0.25) is 10.1 Å². The number of nitrogens with two attached hydrogens (primary N) is 1. The van der Waals surface area contributed by atoms with E-state index in [1.54, 1.807) is 0 Å². The highest BCUT2D eigenvalue weighted by Crippen LogP contribution is 2.28. The number of rotatable bonds is 5. The largest absolute Gasteiger partial charge is 0.326 e. The third-order valence-electron chi connectivity index (χ3n) is 5.15. The first-order valence-electron chi connectivity index (χ1n) is 9.93. The van der Waals surface area contributed by atoms with Gasteiger partial charge in [0, 0.05) is 24.7 Å². The highest BCUT2D eigenvalue weighted by molar-refractivity contribution is 5.88. The Labute approximate surface area is 166 Å². The molecule has 0 spiro atoms. The van der Waals surface area contributed by atoms with Crippen LogP contribution < -0.4 is 16.4 Å². The van der Waals surface area contributed by atoms with E-state index in [1.165, 1.54) is 19.8 Å². The maximum atomic E-state index is 11.3. The number of benzene rings is 1. The van der Waals surface area contributed by atoms with Gasteiger partial charge in [0.15, 0.2) is 5.82 Å². The van der Waals surface area contributed by atoms with Gasteiger partial charge in [-0.2, -0.15) is 0 Å².